The Morgan fingerprint density at radius 2 is 1.72 bits per heavy atom. The number of benzene rings is 1. The van der Waals surface area contributed by atoms with E-state index in [2.05, 4.69) is 47.5 Å². The second kappa shape index (κ2) is 11.3. The number of aromatic amines is 1. The third-order valence-corrected chi connectivity index (χ3v) is 6.93. The van der Waals surface area contributed by atoms with E-state index in [9.17, 15) is 19.2 Å². The van der Waals surface area contributed by atoms with Crippen LogP contribution in [0.15, 0.2) is 33.3 Å². The molecule has 1 aliphatic rings. The molecule has 1 aliphatic heterocycles. The number of aromatic nitrogens is 1. The van der Waals surface area contributed by atoms with Gasteiger partial charge >= 0.3 is 12.1 Å². The first-order chi connectivity index (χ1) is 16.8. The van der Waals surface area contributed by atoms with Gasteiger partial charge in [-0.25, -0.2) is 4.79 Å². The lowest BCUT2D eigenvalue weighted by atomic mass is 10.1. The summed E-state index contributed by atoms with van der Waals surface area (Å²) in [6, 6.07) is 6.33. The van der Waals surface area contributed by atoms with E-state index in [1.807, 2.05) is 4.90 Å². The number of rotatable bonds is 6. The molecule has 0 unspecified atom stereocenters. The molecule has 0 atom stereocenters. The van der Waals surface area contributed by atoms with Crippen molar-refractivity contribution in [2.24, 2.45) is 0 Å². The molecular formula is C23H27Br2N5O6. The average Bonchev–Trinajstić information content (AvgIpc) is 3.15. The van der Waals surface area contributed by atoms with Crippen molar-refractivity contribution in [3.8, 4) is 0 Å². The summed E-state index contributed by atoms with van der Waals surface area (Å²) in [4.78, 5) is 55.1. The summed E-state index contributed by atoms with van der Waals surface area (Å²) in [6.45, 7) is 6.53. The lowest BCUT2D eigenvalue weighted by Crippen LogP contribution is -2.50. The van der Waals surface area contributed by atoms with Crippen molar-refractivity contribution in [2.75, 3.05) is 42.9 Å². The molecule has 1 fully saturated rings. The molecule has 0 spiro atoms. The van der Waals surface area contributed by atoms with E-state index in [-0.39, 0.29) is 5.56 Å². The molecule has 11 nitrogen and oxygen atoms in total. The van der Waals surface area contributed by atoms with Crippen molar-refractivity contribution in [3.05, 3.63) is 44.6 Å². The van der Waals surface area contributed by atoms with Gasteiger partial charge in [0.15, 0.2) is 0 Å². The van der Waals surface area contributed by atoms with Gasteiger partial charge in [0.05, 0.1) is 20.5 Å². The lowest BCUT2D eigenvalue weighted by Gasteiger charge is -2.37. The summed E-state index contributed by atoms with van der Waals surface area (Å²) in [5, 5.41) is 14.1. The molecule has 0 aliphatic carbocycles. The highest BCUT2D eigenvalue weighted by Crippen LogP contribution is 2.30. The maximum Gasteiger partial charge on any atom is 0.410 e. The molecule has 0 bridgehead atoms. The predicted octanol–water partition coefficient (Wildman–Crippen LogP) is 3.66. The molecule has 4 N–H and O–H groups in total. The van der Waals surface area contributed by atoms with Crippen molar-refractivity contribution in [2.45, 2.75) is 26.4 Å². The van der Waals surface area contributed by atoms with E-state index < -0.39 is 36.0 Å². The Hall–Kier alpha value is -3.06. The molecule has 0 saturated carbocycles. The van der Waals surface area contributed by atoms with Gasteiger partial charge in [-0.2, -0.15) is 0 Å². The summed E-state index contributed by atoms with van der Waals surface area (Å²) in [5.74, 6) is -2.10. The van der Waals surface area contributed by atoms with Crippen molar-refractivity contribution in [3.63, 3.8) is 0 Å². The minimum atomic E-state index is -1.16. The molecule has 36 heavy (non-hydrogen) atoms. The van der Waals surface area contributed by atoms with Gasteiger partial charge in [-0.1, -0.05) is 0 Å². The lowest BCUT2D eigenvalue weighted by molar-refractivity contribution is -0.135. The summed E-state index contributed by atoms with van der Waals surface area (Å²) < 4.78 is 6.76. The second-order valence-corrected chi connectivity index (χ2v) is 10.7. The number of hydrogen-bond acceptors (Lipinski definition) is 6. The molecule has 13 heteroatoms. The Morgan fingerprint density at radius 1 is 1.06 bits per heavy atom. The van der Waals surface area contributed by atoms with Gasteiger partial charge in [-0.15, -0.1) is 0 Å². The fourth-order valence-corrected chi connectivity index (χ4v) is 4.13. The summed E-state index contributed by atoms with van der Waals surface area (Å²) in [6.07, 6.45) is -0.402. The fourth-order valence-electron chi connectivity index (χ4n) is 3.47. The Kier molecular flexibility index (Phi) is 8.67. The quantitative estimate of drug-likeness (QED) is 0.382. The molecule has 1 saturated heterocycles. The monoisotopic (exact) mass is 627 g/mol. The topological polar surface area (TPSA) is 144 Å². The van der Waals surface area contributed by atoms with Crippen molar-refractivity contribution in [1.29, 1.82) is 0 Å². The van der Waals surface area contributed by atoms with Crippen LogP contribution >= 0.6 is 31.9 Å². The van der Waals surface area contributed by atoms with Crippen molar-refractivity contribution >= 4 is 67.1 Å². The first kappa shape index (κ1) is 27.5. The summed E-state index contributed by atoms with van der Waals surface area (Å²) in [5.41, 5.74) is 0.981. The smallest absolute Gasteiger partial charge is 0.410 e. The van der Waals surface area contributed by atoms with Crippen LogP contribution < -0.4 is 15.5 Å². The number of carboxylic acid groups (broad SMARTS) is 1. The van der Waals surface area contributed by atoms with Crippen LogP contribution in [0.2, 0.25) is 0 Å². The largest absolute Gasteiger partial charge is 0.480 e. The van der Waals surface area contributed by atoms with Crippen molar-refractivity contribution < 1.29 is 29.0 Å². The molecule has 2 heterocycles. The van der Waals surface area contributed by atoms with Crippen LogP contribution in [0, 0.1) is 0 Å². The number of carboxylic acids is 1. The highest BCUT2D eigenvalue weighted by molar-refractivity contribution is 9.13. The zero-order valence-corrected chi connectivity index (χ0v) is 23.2. The number of nitrogens with zero attached hydrogens (tertiary/aromatic N) is 2. The summed E-state index contributed by atoms with van der Waals surface area (Å²) >= 11 is 6.65. The van der Waals surface area contributed by atoms with Gasteiger partial charge in [0.25, 0.3) is 11.8 Å². The molecule has 1 aromatic heterocycles. The van der Waals surface area contributed by atoms with Crippen LogP contribution in [0.25, 0.3) is 0 Å². The van der Waals surface area contributed by atoms with Crippen LogP contribution in [-0.4, -0.2) is 77.2 Å². The fraction of sp³-hybridized carbons (Fsp3) is 0.391. The average molecular weight is 629 g/mol. The first-order valence-electron chi connectivity index (χ1n) is 11.1. The number of ether oxygens (including phenoxy) is 1. The number of carbonyl (C=O) groups excluding carboxylic acids is 3. The molecule has 3 rings (SSSR count). The number of anilines is 2. The first-order valence-corrected chi connectivity index (χ1v) is 12.6. The number of carbonyl (C=O) groups is 4. The Labute approximate surface area is 224 Å². The van der Waals surface area contributed by atoms with Gasteiger partial charge in [0, 0.05) is 31.7 Å². The van der Waals surface area contributed by atoms with Crippen LogP contribution in [0.4, 0.5) is 16.2 Å². The molecule has 0 radical (unpaired) electrons. The normalized spacial score (nSPS) is 13.8. The molecule has 3 amide bonds. The molecular weight excluding hydrogens is 602 g/mol. The number of amides is 3. The maximum atomic E-state index is 12.9. The molecule has 2 aromatic rings. The highest BCUT2D eigenvalue weighted by Gasteiger charge is 2.27. The summed E-state index contributed by atoms with van der Waals surface area (Å²) in [7, 11) is 0. The van der Waals surface area contributed by atoms with E-state index in [4.69, 9.17) is 9.84 Å². The molecule has 1 aromatic carbocycles. The zero-order valence-electron chi connectivity index (χ0n) is 20.0. The Bertz CT molecular complexity index is 1150. The number of nitrogens with one attached hydrogen (secondary N) is 3. The van der Waals surface area contributed by atoms with Gasteiger partial charge < -0.3 is 35.3 Å². The SMILES string of the molecule is CC(C)(C)OC(=O)N1CCN(c2cc(C(=O)NCC(=O)O)ccc2NC(=O)c2cc(Br)c(Br)[nH]2)CC1. The number of H-pyrrole nitrogens is 1. The Morgan fingerprint density at radius 3 is 2.28 bits per heavy atom. The third kappa shape index (κ3) is 7.23. The molecule has 194 valence electrons. The van der Waals surface area contributed by atoms with Gasteiger partial charge in [0.2, 0.25) is 0 Å². The third-order valence-electron chi connectivity index (χ3n) is 5.15. The number of halogens is 2. The van der Waals surface area contributed by atoms with Crippen LogP contribution in [0.1, 0.15) is 41.6 Å². The second-order valence-electron chi connectivity index (χ2n) is 9.06. The minimum absolute atomic E-state index is 0.240. The standard InChI is InChI=1S/C23H27Br2N5O6/c1-23(2,3)36-22(35)30-8-6-29(7-9-30)17-10-13(20(33)26-12-18(31)32)4-5-15(17)28-21(34)16-11-14(24)19(25)27-16/h4-5,10-11,27H,6-9,12H2,1-3H3,(H,26,33)(H,28,34)(H,31,32). The van der Waals surface area contributed by atoms with Crippen molar-refractivity contribution in [1.82, 2.24) is 15.2 Å². The van der Waals surface area contributed by atoms with E-state index in [1.54, 1.807) is 43.9 Å². The minimum Gasteiger partial charge on any atom is -0.480 e. The van der Waals surface area contributed by atoms with Gasteiger partial charge in [-0.3, -0.25) is 14.4 Å². The highest BCUT2D eigenvalue weighted by atomic mass is 79.9. The van der Waals surface area contributed by atoms with Crippen LogP contribution in [0.3, 0.4) is 0 Å². The van der Waals surface area contributed by atoms with Crippen LogP contribution in [0.5, 0.6) is 0 Å². The number of hydrogen-bond donors (Lipinski definition) is 4. The van der Waals surface area contributed by atoms with E-state index in [0.29, 0.717) is 52.3 Å². The van der Waals surface area contributed by atoms with E-state index in [0.717, 1.165) is 0 Å². The maximum absolute atomic E-state index is 12.9. The van der Waals surface area contributed by atoms with Crippen LogP contribution in [-0.2, 0) is 9.53 Å². The predicted molar refractivity (Wildman–Crippen MR) is 141 cm³/mol. The van der Waals surface area contributed by atoms with E-state index >= 15 is 0 Å². The number of piperazine rings is 1. The zero-order chi connectivity index (χ0) is 26.6. The van der Waals surface area contributed by atoms with E-state index in [1.165, 1.54) is 6.07 Å². The van der Waals surface area contributed by atoms with Gasteiger partial charge in [-0.05, 0) is 76.9 Å². The Balaban J connectivity index is 1.83. The van der Waals surface area contributed by atoms with Gasteiger partial charge in [0.1, 0.15) is 17.8 Å². The number of aliphatic carboxylic acids is 1.